The number of rotatable bonds is 4. The second-order valence-corrected chi connectivity index (χ2v) is 4.76. The maximum Gasteiger partial charge on any atom is 0.220 e. The molecule has 2 unspecified atom stereocenters. The standard InChI is InChI=1S/C13H18ClN3O2/c1-4-9(2)15-13-16-12(17(3)19-18-13)10-5-7-11(14)8-6-10/h5-8,12-13,15-16H,2,4H2,1,3H3. The second-order valence-electron chi connectivity index (χ2n) is 4.32. The normalized spacial score (nSPS) is 24.2. The van der Waals surface area contributed by atoms with Crippen LogP contribution in [0.4, 0.5) is 0 Å². The van der Waals surface area contributed by atoms with Gasteiger partial charge in [-0.25, -0.2) is 0 Å². The van der Waals surface area contributed by atoms with E-state index in [1.807, 2.05) is 31.2 Å². The third-order valence-electron chi connectivity index (χ3n) is 2.88. The van der Waals surface area contributed by atoms with Crippen molar-refractivity contribution in [3.63, 3.8) is 0 Å². The van der Waals surface area contributed by atoms with Crippen molar-refractivity contribution in [3.8, 4) is 0 Å². The average Bonchev–Trinajstić information content (AvgIpc) is 2.42. The Balaban J connectivity index is 2.06. The zero-order chi connectivity index (χ0) is 13.8. The molecule has 0 aromatic heterocycles. The number of hydrogen-bond acceptors (Lipinski definition) is 5. The van der Waals surface area contributed by atoms with E-state index >= 15 is 0 Å². The molecule has 0 aliphatic carbocycles. The summed E-state index contributed by atoms with van der Waals surface area (Å²) < 4.78 is 0. The van der Waals surface area contributed by atoms with Crippen molar-refractivity contribution in [2.45, 2.75) is 25.9 Å². The van der Waals surface area contributed by atoms with E-state index in [4.69, 9.17) is 21.5 Å². The Morgan fingerprint density at radius 1 is 1.47 bits per heavy atom. The molecule has 104 valence electrons. The van der Waals surface area contributed by atoms with Gasteiger partial charge >= 0.3 is 0 Å². The first kappa shape index (κ1) is 14.3. The van der Waals surface area contributed by atoms with Gasteiger partial charge in [0.15, 0.2) is 0 Å². The second kappa shape index (κ2) is 6.36. The maximum atomic E-state index is 5.89. The summed E-state index contributed by atoms with van der Waals surface area (Å²) in [5.41, 5.74) is 1.91. The Morgan fingerprint density at radius 3 is 2.79 bits per heavy atom. The van der Waals surface area contributed by atoms with Crippen molar-refractivity contribution in [3.05, 3.63) is 47.1 Å². The molecule has 1 aliphatic rings. The minimum Gasteiger partial charge on any atom is -0.349 e. The first-order chi connectivity index (χ1) is 9.10. The molecule has 2 N–H and O–H groups in total. The summed E-state index contributed by atoms with van der Waals surface area (Å²) in [6.07, 6.45) is 0.251. The molecular weight excluding hydrogens is 266 g/mol. The van der Waals surface area contributed by atoms with Crippen molar-refractivity contribution in [2.24, 2.45) is 0 Å². The maximum absolute atomic E-state index is 5.89. The van der Waals surface area contributed by atoms with Crippen LogP contribution in [0.5, 0.6) is 0 Å². The van der Waals surface area contributed by atoms with Gasteiger partial charge in [-0.05, 0) is 24.1 Å². The van der Waals surface area contributed by atoms with E-state index in [1.165, 1.54) is 0 Å². The zero-order valence-corrected chi connectivity index (χ0v) is 11.8. The summed E-state index contributed by atoms with van der Waals surface area (Å²) >= 11 is 5.89. The van der Waals surface area contributed by atoms with Gasteiger partial charge in [0.2, 0.25) is 6.35 Å². The van der Waals surface area contributed by atoms with Crippen LogP contribution in [0.1, 0.15) is 25.1 Å². The summed E-state index contributed by atoms with van der Waals surface area (Å²) in [6, 6.07) is 7.57. The van der Waals surface area contributed by atoms with Gasteiger partial charge in [-0.3, -0.25) is 5.32 Å². The Morgan fingerprint density at radius 2 is 2.16 bits per heavy atom. The van der Waals surface area contributed by atoms with Crippen LogP contribution in [0.15, 0.2) is 36.5 Å². The molecule has 0 spiro atoms. The number of allylic oxidation sites excluding steroid dienone is 1. The van der Waals surface area contributed by atoms with E-state index < -0.39 is 6.35 Å². The lowest BCUT2D eigenvalue weighted by atomic mass is 10.1. The lowest BCUT2D eigenvalue weighted by Crippen LogP contribution is -2.54. The number of nitrogens with zero attached hydrogens (tertiary/aromatic N) is 1. The SMILES string of the molecule is C=C(CC)NC1NC(c2ccc(Cl)cc2)N(C)OO1. The van der Waals surface area contributed by atoms with Crippen LogP contribution in [0.3, 0.4) is 0 Å². The van der Waals surface area contributed by atoms with Crippen LogP contribution >= 0.6 is 11.6 Å². The van der Waals surface area contributed by atoms with Gasteiger partial charge < -0.3 is 5.32 Å². The fraction of sp³-hybridized carbons (Fsp3) is 0.385. The topological polar surface area (TPSA) is 45.8 Å². The van der Waals surface area contributed by atoms with Crippen molar-refractivity contribution in [1.29, 1.82) is 0 Å². The molecule has 1 fully saturated rings. The lowest BCUT2D eigenvalue weighted by Gasteiger charge is -2.36. The van der Waals surface area contributed by atoms with Crippen LogP contribution < -0.4 is 10.6 Å². The van der Waals surface area contributed by atoms with Crippen molar-refractivity contribution in [1.82, 2.24) is 15.7 Å². The molecule has 2 atom stereocenters. The van der Waals surface area contributed by atoms with Gasteiger partial charge in [-0.15, -0.1) is 10.1 Å². The largest absolute Gasteiger partial charge is 0.349 e. The van der Waals surface area contributed by atoms with E-state index in [1.54, 1.807) is 12.1 Å². The molecule has 1 aromatic carbocycles. The molecule has 0 amide bonds. The third kappa shape index (κ3) is 3.68. The van der Waals surface area contributed by atoms with E-state index in [9.17, 15) is 0 Å². The van der Waals surface area contributed by atoms with E-state index in [-0.39, 0.29) is 6.17 Å². The zero-order valence-electron chi connectivity index (χ0n) is 11.0. The molecule has 1 aliphatic heterocycles. The number of hydrogen-bond donors (Lipinski definition) is 2. The highest BCUT2D eigenvalue weighted by molar-refractivity contribution is 6.30. The highest BCUT2D eigenvalue weighted by atomic mass is 35.5. The van der Waals surface area contributed by atoms with Gasteiger partial charge in [-0.1, -0.05) is 37.2 Å². The van der Waals surface area contributed by atoms with Crippen molar-refractivity contribution in [2.75, 3.05) is 7.05 Å². The fourth-order valence-electron chi connectivity index (χ4n) is 1.73. The lowest BCUT2D eigenvalue weighted by molar-refractivity contribution is -0.487. The first-order valence-corrected chi connectivity index (χ1v) is 6.50. The smallest absolute Gasteiger partial charge is 0.220 e. The highest BCUT2D eigenvalue weighted by Crippen LogP contribution is 2.23. The first-order valence-electron chi connectivity index (χ1n) is 6.12. The molecule has 1 saturated heterocycles. The van der Waals surface area contributed by atoms with Crippen LogP contribution in [0.2, 0.25) is 5.02 Å². The van der Waals surface area contributed by atoms with Crippen molar-refractivity contribution >= 4 is 11.6 Å². The molecule has 0 bridgehead atoms. The molecule has 19 heavy (non-hydrogen) atoms. The van der Waals surface area contributed by atoms with Gasteiger partial charge in [0.25, 0.3) is 0 Å². The predicted molar refractivity (Wildman–Crippen MR) is 73.6 cm³/mol. The van der Waals surface area contributed by atoms with Gasteiger partial charge in [0.1, 0.15) is 6.17 Å². The quantitative estimate of drug-likeness (QED) is 0.832. The molecule has 0 radical (unpaired) electrons. The molecule has 6 heteroatoms. The Hall–Kier alpha value is -1.11. The van der Waals surface area contributed by atoms with Gasteiger partial charge in [-0.2, -0.15) is 4.89 Å². The summed E-state index contributed by atoms with van der Waals surface area (Å²) in [7, 11) is 1.79. The monoisotopic (exact) mass is 283 g/mol. The van der Waals surface area contributed by atoms with Crippen LogP contribution in [-0.2, 0) is 9.88 Å². The molecule has 1 heterocycles. The highest BCUT2D eigenvalue weighted by Gasteiger charge is 2.28. The van der Waals surface area contributed by atoms with Gasteiger partial charge in [0.05, 0.1) is 0 Å². The number of hydroxylamine groups is 2. The van der Waals surface area contributed by atoms with Crippen molar-refractivity contribution < 1.29 is 9.88 Å². The van der Waals surface area contributed by atoms with E-state index in [2.05, 4.69) is 17.2 Å². The minimum atomic E-state index is -0.440. The molecule has 5 nitrogen and oxygen atoms in total. The Labute approximate surface area is 118 Å². The predicted octanol–water partition coefficient (Wildman–Crippen LogP) is 2.53. The average molecular weight is 284 g/mol. The number of benzene rings is 1. The Bertz CT molecular complexity index is 438. The minimum absolute atomic E-state index is 0.131. The van der Waals surface area contributed by atoms with Gasteiger partial charge in [0, 0.05) is 17.8 Å². The molecular formula is C13H18ClN3O2. The summed E-state index contributed by atoms with van der Waals surface area (Å²) in [5.74, 6) is 0. The number of nitrogens with one attached hydrogen (secondary N) is 2. The third-order valence-corrected chi connectivity index (χ3v) is 3.13. The van der Waals surface area contributed by atoms with Crippen LogP contribution in [0.25, 0.3) is 0 Å². The fourth-order valence-corrected chi connectivity index (χ4v) is 1.86. The number of halogens is 1. The van der Waals surface area contributed by atoms with E-state index in [0.717, 1.165) is 17.7 Å². The molecule has 0 saturated carbocycles. The molecule has 1 aromatic rings. The summed E-state index contributed by atoms with van der Waals surface area (Å²) in [6.45, 7) is 5.89. The Kier molecular flexibility index (Phi) is 4.79. The summed E-state index contributed by atoms with van der Waals surface area (Å²) in [4.78, 5) is 10.3. The van der Waals surface area contributed by atoms with E-state index in [0.29, 0.717) is 5.02 Å². The summed E-state index contributed by atoms with van der Waals surface area (Å²) in [5, 5.41) is 8.66. The van der Waals surface area contributed by atoms with Crippen LogP contribution in [-0.4, -0.2) is 18.5 Å². The molecule has 2 rings (SSSR count). The van der Waals surface area contributed by atoms with Crippen LogP contribution in [0, 0.1) is 0 Å².